The second kappa shape index (κ2) is 34.5. The first-order valence-electron chi connectivity index (χ1n) is 25.0. The van der Waals surface area contributed by atoms with E-state index in [9.17, 15) is 77.6 Å². The van der Waals surface area contributed by atoms with E-state index in [1.807, 2.05) is 6.92 Å². The first-order chi connectivity index (χ1) is 34.9. The Kier molecular flexibility index (Phi) is 31.3. The van der Waals surface area contributed by atoms with E-state index in [0.29, 0.717) is 12.8 Å². The zero-order valence-corrected chi connectivity index (χ0v) is 44.2. The maximum absolute atomic E-state index is 14.2. The van der Waals surface area contributed by atoms with Crippen LogP contribution in [-0.4, -0.2) is 153 Å². The Balaban J connectivity index is 6.89. The molecule has 0 bridgehead atoms. The largest absolute Gasteiger partial charge is 0.481 e. The van der Waals surface area contributed by atoms with E-state index in [2.05, 4.69) is 42.5 Å². The molecule has 0 fully saturated rings. The van der Waals surface area contributed by atoms with Gasteiger partial charge in [-0.05, 0) is 68.7 Å². The van der Waals surface area contributed by atoms with Gasteiger partial charge in [0.1, 0.15) is 48.3 Å². The summed E-state index contributed by atoms with van der Waals surface area (Å²) in [5, 5.41) is 47.7. The van der Waals surface area contributed by atoms with Crippen molar-refractivity contribution in [2.75, 3.05) is 6.54 Å². The van der Waals surface area contributed by atoms with E-state index in [1.165, 1.54) is 20.8 Å². The van der Waals surface area contributed by atoms with Crippen LogP contribution in [0, 0.1) is 23.7 Å². The molecule has 11 atom stereocenters. The normalized spacial score (nSPS) is 15.6. The van der Waals surface area contributed by atoms with Crippen LogP contribution < -0.4 is 65.5 Å². The third-order valence-electron chi connectivity index (χ3n) is 12.1. The maximum Gasteiger partial charge on any atom is 0.326 e. The summed E-state index contributed by atoms with van der Waals surface area (Å²) in [7, 11) is 0. The van der Waals surface area contributed by atoms with Crippen LogP contribution in [0.15, 0.2) is 0 Å². The first-order valence-corrected chi connectivity index (χ1v) is 25.0. The number of nitrogens with two attached hydrogens (primary N) is 4. The molecule has 0 saturated carbocycles. The van der Waals surface area contributed by atoms with Crippen LogP contribution in [0.5, 0.6) is 0 Å². The zero-order chi connectivity index (χ0) is 57.9. The highest BCUT2D eigenvalue weighted by atomic mass is 16.4. The van der Waals surface area contributed by atoms with Crippen molar-refractivity contribution in [3.8, 4) is 0 Å². The molecule has 0 unspecified atom stereocenters. The molecule has 0 saturated heterocycles. The van der Waals surface area contributed by atoms with Crippen molar-refractivity contribution in [3.63, 3.8) is 0 Å². The minimum Gasteiger partial charge on any atom is -0.481 e. The van der Waals surface area contributed by atoms with Crippen LogP contribution in [0.25, 0.3) is 0 Å². The van der Waals surface area contributed by atoms with Crippen molar-refractivity contribution in [1.29, 1.82) is 0 Å². The number of aliphatic carboxylic acids is 3. The molecule has 10 amide bonds. The van der Waals surface area contributed by atoms with Crippen LogP contribution in [0.4, 0.5) is 0 Å². The third kappa shape index (κ3) is 26.2. The molecule has 0 aliphatic heterocycles. The van der Waals surface area contributed by atoms with Gasteiger partial charge in [-0.1, -0.05) is 68.2 Å². The number of nitrogens with one attached hydrogen (secondary N) is 8. The average Bonchev–Trinajstić information content (AvgIpc) is 3.31. The van der Waals surface area contributed by atoms with Crippen LogP contribution in [0.2, 0.25) is 0 Å². The molecule has 19 N–H and O–H groups in total. The third-order valence-corrected chi connectivity index (χ3v) is 12.1. The monoisotopic (exact) mass is 1070 g/mol. The van der Waals surface area contributed by atoms with Gasteiger partial charge in [0.15, 0.2) is 0 Å². The fraction of sp³-hybridized carbons (Fsp3) is 0.723. The van der Waals surface area contributed by atoms with Gasteiger partial charge in [-0.15, -0.1) is 0 Å². The topological polar surface area (TPSA) is 483 Å². The number of primary amides is 2. The molecular weight excluding hydrogens is 989 g/mol. The SMILES string of the molecule is CC[C@H](C)[C@H](N)C(=O)N[C@@H](CC(C)C)C(=O)N[C@@H](CC(=O)O)C(=O)N[C@@H](CCC(N)=O)C(=O)N[C@@H](CCCCN)C(=O)N[C@H](C(=O)N[C@@H](CC(N)=O)C(=O)N[C@@H](CCC(=O)O)C(=O)N[C@H](C(=O)O)C(C)C)[C@@H](C)CC. The second-order valence-corrected chi connectivity index (χ2v) is 19.3. The predicted octanol–water partition coefficient (Wildman–Crippen LogP) is -3.32. The molecule has 0 aliphatic carbocycles. The van der Waals surface area contributed by atoms with Crippen molar-refractivity contribution in [3.05, 3.63) is 0 Å². The molecule has 426 valence electrons. The van der Waals surface area contributed by atoms with Crippen LogP contribution in [-0.2, 0) is 62.3 Å². The molecule has 0 radical (unpaired) electrons. The van der Waals surface area contributed by atoms with Crippen molar-refractivity contribution < 1.29 is 77.6 Å². The van der Waals surface area contributed by atoms with Crippen molar-refractivity contribution >= 4 is 77.0 Å². The molecule has 0 aromatic rings. The average molecular weight is 1070 g/mol. The maximum atomic E-state index is 14.2. The van der Waals surface area contributed by atoms with Gasteiger partial charge in [0, 0.05) is 12.8 Å². The fourth-order valence-corrected chi connectivity index (χ4v) is 7.21. The van der Waals surface area contributed by atoms with Gasteiger partial charge >= 0.3 is 17.9 Å². The Morgan fingerprint density at radius 2 is 0.853 bits per heavy atom. The van der Waals surface area contributed by atoms with E-state index in [0.717, 1.165) is 0 Å². The summed E-state index contributed by atoms with van der Waals surface area (Å²) in [6.07, 6.45) is -2.88. The lowest BCUT2D eigenvalue weighted by Gasteiger charge is -2.30. The molecular formula is C47H82N12O16. The minimum atomic E-state index is -1.85. The molecule has 28 heteroatoms. The predicted molar refractivity (Wildman–Crippen MR) is 269 cm³/mol. The number of rotatable bonds is 38. The van der Waals surface area contributed by atoms with Crippen molar-refractivity contribution in [2.45, 2.75) is 187 Å². The number of hydrogen-bond acceptors (Lipinski definition) is 15. The highest BCUT2D eigenvalue weighted by molar-refractivity contribution is 5.99. The number of amides is 10. The van der Waals surface area contributed by atoms with Crippen LogP contribution in [0.3, 0.4) is 0 Å². The highest BCUT2D eigenvalue weighted by Crippen LogP contribution is 2.14. The Bertz CT molecular complexity index is 2010. The number of hydrogen-bond donors (Lipinski definition) is 15. The minimum absolute atomic E-state index is 0.0551. The van der Waals surface area contributed by atoms with E-state index < -0.39 is 182 Å². The van der Waals surface area contributed by atoms with Gasteiger partial charge in [-0.2, -0.15) is 0 Å². The summed E-state index contributed by atoms with van der Waals surface area (Å²) >= 11 is 0. The molecule has 75 heavy (non-hydrogen) atoms. The molecule has 0 rings (SSSR count). The Labute approximate surface area is 436 Å². The lowest BCUT2D eigenvalue weighted by molar-refractivity contribution is -0.144. The van der Waals surface area contributed by atoms with Crippen LogP contribution >= 0.6 is 0 Å². The van der Waals surface area contributed by atoms with Gasteiger partial charge in [0.05, 0.1) is 18.9 Å². The molecule has 0 aliphatic rings. The van der Waals surface area contributed by atoms with Gasteiger partial charge in [0.25, 0.3) is 0 Å². The molecule has 0 spiro atoms. The van der Waals surface area contributed by atoms with E-state index >= 15 is 0 Å². The van der Waals surface area contributed by atoms with Gasteiger partial charge in [0.2, 0.25) is 59.1 Å². The number of carboxylic acid groups (broad SMARTS) is 3. The molecule has 0 heterocycles. The Hall–Kier alpha value is -6.97. The van der Waals surface area contributed by atoms with E-state index in [-0.39, 0.29) is 44.1 Å². The smallest absolute Gasteiger partial charge is 0.326 e. The summed E-state index contributed by atoms with van der Waals surface area (Å²) in [5.41, 5.74) is 22.5. The lowest BCUT2D eigenvalue weighted by Crippen LogP contribution is -2.61. The molecule has 0 aromatic carbocycles. The van der Waals surface area contributed by atoms with Crippen molar-refractivity contribution in [2.24, 2.45) is 46.6 Å². The number of carbonyl (C=O) groups is 13. The number of carbonyl (C=O) groups excluding carboxylic acids is 10. The molecule has 28 nitrogen and oxygen atoms in total. The lowest BCUT2D eigenvalue weighted by atomic mass is 9.96. The Morgan fingerprint density at radius 1 is 0.440 bits per heavy atom. The summed E-state index contributed by atoms with van der Waals surface area (Å²) in [6, 6.07) is -13.8. The standard InChI is InChI=1S/C47H82N12O16/c1-9-24(7)36(51)45(72)56-29(19-22(3)4)42(69)55-31(21-35(64)65)44(71)53-27(14-16-32(49)60)39(66)52-26(13-11-12-18-48)40(67)59-38(25(8)10-2)46(73)57-30(20-33(50)61)43(70)54-28(15-17-34(62)63)41(68)58-37(23(5)6)47(74)75/h22-31,36-38H,9-21,48,51H2,1-8H3,(H2,49,60)(H2,50,61)(H,52,66)(H,53,71)(H,54,70)(H,55,69)(H,56,72)(H,57,73)(H,58,68)(H,59,67)(H,62,63)(H,64,65)(H,74,75)/t24-,25-,26-,27-,28-,29-,30-,31-,36-,37-,38-/m0/s1. The van der Waals surface area contributed by atoms with Gasteiger partial charge in [-0.3, -0.25) is 57.5 Å². The quantitative estimate of drug-likeness (QED) is 0.0269. The number of unbranched alkanes of at least 4 members (excludes halogenated alkanes) is 1. The second-order valence-electron chi connectivity index (χ2n) is 19.3. The zero-order valence-electron chi connectivity index (χ0n) is 44.2. The van der Waals surface area contributed by atoms with Crippen LogP contribution in [0.1, 0.15) is 132 Å². The highest BCUT2D eigenvalue weighted by Gasteiger charge is 2.37. The summed E-state index contributed by atoms with van der Waals surface area (Å²) in [5.74, 6) is -16.4. The van der Waals surface area contributed by atoms with E-state index in [4.69, 9.17) is 22.9 Å². The number of carboxylic acids is 3. The summed E-state index contributed by atoms with van der Waals surface area (Å²) < 4.78 is 0. The molecule has 0 aromatic heterocycles. The first kappa shape index (κ1) is 68.0. The summed E-state index contributed by atoms with van der Waals surface area (Å²) in [4.78, 5) is 169. The Morgan fingerprint density at radius 3 is 1.28 bits per heavy atom. The van der Waals surface area contributed by atoms with Crippen molar-refractivity contribution in [1.82, 2.24) is 42.5 Å². The fourth-order valence-electron chi connectivity index (χ4n) is 7.21. The van der Waals surface area contributed by atoms with Gasteiger partial charge in [-0.25, -0.2) is 4.79 Å². The summed E-state index contributed by atoms with van der Waals surface area (Å²) in [6.45, 7) is 13.4. The van der Waals surface area contributed by atoms with Gasteiger partial charge < -0.3 is 80.8 Å². The van der Waals surface area contributed by atoms with E-state index in [1.54, 1.807) is 27.7 Å².